The van der Waals surface area contributed by atoms with Gasteiger partial charge >= 0.3 is 16.3 Å². The molecule has 0 radical (unpaired) electrons. The van der Waals surface area contributed by atoms with E-state index in [4.69, 9.17) is 9.47 Å². The van der Waals surface area contributed by atoms with E-state index in [1.54, 1.807) is 37.9 Å². The van der Waals surface area contributed by atoms with E-state index in [9.17, 15) is 18.0 Å². The van der Waals surface area contributed by atoms with E-state index >= 15 is 8.78 Å². The summed E-state index contributed by atoms with van der Waals surface area (Å²) in [6, 6.07) is 7.99. The topological polar surface area (TPSA) is 156 Å². The van der Waals surface area contributed by atoms with Crippen molar-refractivity contribution >= 4 is 39.2 Å². The number of methoxy groups -OCH3 is 1. The molecule has 0 spiro atoms. The number of fused-ring (bicyclic) bond motifs is 1. The van der Waals surface area contributed by atoms with Crippen molar-refractivity contribution in [1.29, 1.82) is 0 Å². The average Bonchev–Trinajstić information content (AvgIpc) is 3.45. The van der Waals surface area contributed by atoms with Gasteiger partial charge in [0.2, 0.25) is 0 Å². The molecule has 2 amide bonds. The molecule has 1 aliphatic heterocycles. The highest BCUT2D eigenvalue weighted by Crippen LogP contribution is 2.35. The number of aromatic nitrogens is 3. The first-order chi connectivity index (χ1) is 21.7. The van der Waals surface area contributed by atoms with Crippen LogP contribution >= 0.6 is 0 Å². The van der Waals surface area contributed by atoms with Gasteiger partial charge in [-0.05, 0) is 57.9 Å². The maximum Gasteiger partial charge on any atom is 0.422 e. The summed E-state index contributed by atoms with van der Waals surface area (Å²) in [5.41, 5.74) is -0.287. The lowest BCUT2D eigenvalue weighted by molar-refractivity contribution is 0.0569. The lowest BCUT2D eigenvalue weighted by Crippen LogP contribution is -2.50. The summed E-state index contributed by atoms with van der Waals surface area (Å²) in [4.78, 5) is 35.9. The molecule has 5 rings (SSSR count). The highest BCUT2D eigenvalue weighted by Gasteiger charge is 2.29. The van der Waals surface area contributed by atoms with Gasteiger partial charge in [0, 0.05) is 37.7 Å². The Morgan fingerprint density at radius 1 is 1.04 bits per heavy atom. The molecule has 2 aromatic heterocycles. The van der Waals surface area contributed by atoms with Crippen molar-refractivity contribution in [1.82, 2.24) is 23.8 Å². The zero-order chi connectivity index (χ0) is 33.2. The number of imidazole rings is 1. The molecule has 4 aromatic rings. The van der Waals surface area contributed by atoms with E-state index in [2.05, 4.69) is 20.0 Å². The van der Waals surface area contributed by atoms with Crippen LogP contribution < -0.4 is 24.4 Å². The number of para-hydroxylation sites is 1. The molecule has 3 N–H and O–H groups in total. The first-order valence-corrected chi connectivity index (χ1v) is 15.8. The molecular formula is C30H33F2N7O6S. The summed E-state index contributed by atoms with van der Waals surface area (Å²) in [5.74, 6) is -1.70. The summed E-state index contributed by atoms with van der Waals surface area (Å²) in [7, 11) is -2.82. The number of hydrogen-bond acceptors (Lipinski definition) is 9. The normalized spacial score (nSPS) is 14.3. The summed E-state index contributed by atoms with van der Waals surface area (Å²) in [5, 5.41) is 2.72. The second kappa shape index (κ2) is 12.9. The first kappa shape index (κ1) is 32.6. The monoisotopic (exact) mass is 657 g/mol. The Labute approximate surface area is 264 Å². The molecule has 244 valence electrons. The van der Waals surface area contributed by atoms with Crippen molar-refractivity contribution in [2.45, 2.75) is 45.3 Å². The van der Waals surface area contributed by atoms with E-state index < -0.39 is 45.5 Å². The van der Waals surface area contributed by atoms with Gasteiger partial charge in [-0.3, -0.25) is 4.79 Å². The fourth-order valence-corrected chi connectivity index (χ4v) is 6.11. The fourth-order valence-electron chi connectivity index (χ4n) is 5.12. The molecule has 1 fully saturated rings. The maximum atomic E-state index is 15.3. The van der Waals surface area contributed by atoms with Gasteiger partial charge in [-0.1, -0.05) is 12.1 Å². The SMILES string of the molecule is COc1cccc(F)c1-c1nc(C(=O)Nc2cccc(F)c2N2CCC(NS(=O)(=O)NC(=O)OC(C)(C)C)CC2)cn2ccnc12. The standard InChI is InChI=1S/C30H33F2N7O6S/c1-30(2,3)45-29(41)37-46(42,43)36-18-11-14-38(15-12-18)26-20(32)8-5-9-21(26)35-28(40)22-17-39-16-13-33-27(39)25(34-22)24-19(31)7-6-10-23(24)44-4/h5-10,13,16-18,36H,11-12,14-15H2,1-4H3,(H,35,40)(H,37,41). The number of nitrogens with zero attached hydrogens (tertiary/aromatic N) is 4. The average molecular weight is 658 g/mol. The van der Waals surface area contributed by atoms with E-state index in [1.807, 2.05) is 4.72 Å². The van der Waals surface area contributed by atoms with Crippen molar-refractivity contribution in [2.75, 3.05) is 30.4 Å². The predicted octanol–water partition coefficient (Wildman–Crippen LogP) is 4.26. The van der Waals surface area contributed by atoms with E-state index in [0.717, 1.165) is 0 Å². The maximum absolute atomic E-state index is 15.3. The van der Waals surface area contributed by atoms with Crippen molar-refractivity contribution in [3.8, 4) is 17.0 Å². The quantitative estimate of drug-likeness (QED) is 0.252. The van der Waals surface area contributed by atoms with Crippen LogP contribution in [0.5, 0.6) is 5.75 Å². The van der Waals surface area contributed by atoms with Crippen LogP contribution in [0.2, 0.25) is 0 Å². The number of carbonyl (C=O) groups is 2. The Morgan fingerprint density at radius 3 is 2.43 bits per heavy atom. The third-order valence-electron chi connectivity index (χ3n) is 7.02. The Morgan fingerprint density at radius 2 is 1.74 bits per heavy atom. The predicted molar refractivity (Wildman–Crippen MR) is 166 cm³/mol. The molecule has 1 aliphatic rings. The number of ether oxygens (including phenoxy) is 2. The van der Waals surface area contributed by atoms with Crippen LogP contribution in [-0.2, 0) is 14.9 Å². The van der Waals surface area contributed by atoms with Gasteiger partial charge in [0.05, 0.1) is 24.0 Å². The number of anilines is 2. The van der Waals surface area contributed by atoms with Crippen LogP contribution in [0.1, 0.15) is 44.1 Å². The molecule has 0 aliphatic carbocycles. The molecule has 3 heterocycles. The number of piperidine rings is 1. The second-order valence-corrected chi connectivity index (χ2v) is 13.0. The Bertz CT molecular complexity index is 1890. The number of hydrogen-bond donors (Lipinski definition) is 3. The summed E-state index contributed by atoms with van der Waals surface area (Å²) < 4.78 is 71.3. The highest BCUT2D eigenvalue weighted by molar-refractivity contribution is 7.88. The van der Waals surface area contributed by atoms with Gasteiger partial charge in [-0.2, -0.15) is 13.1 Å². The molecule has 0 unspecified atom stereocenters. The van der Waals surface area contributed by atoms with E-state index in [0.29, 0.717) is 5.65 Å². The Balaban J connectivity index is 1.33. The number of rotatable bonds is 8. The zero-order valence-corrected chi connectivity index (χ0v) is 26.3. The number of benzene rings is 2. The fraction of sp³-hybridized carbons (Fsp3) is 0.333. The lowest BCUT2D eigenvalue weighted by atomic mass is 10.0. The van der Waals surface area contributed by atoms with Gasteiger partial charge in [-0.25, -0.2) is 28.3 Å². The number of carbonyl (C=O) groups excluding carboxylic acids is 2. The van der Waals surface area contributed by atoms with Crippen molar-refractivity contribution in [2.24, 2.45) is 0 Å². The van der Waals surface area contributed by atoms with Gasteiger partial charge < -0.3 is 24.1 Å². The number of nitrogens with one attached hydrogen (secondary N) is 3. The van der Waals surface area contributed by atoms with Gasteiger partial charge in [0.15, 0.2) is 5.65 Å². The Hall–Kier alpha value is -4.83. The van der Waals surface area contributed by atoms with Crippen LogP contribution in [0.3, 0.4) is 0 Å². The van der Waals surface area contributed by atoms with Crippen LogP contribution in [0.4, 0.5) is 25.0 Å². The second-order valence-electron chi connectivity index (χ2n) is 11.5. The van der Waals surface area contributed by atoms with Gasteiger partial charge in [-0.15, -0.1) is 0 Å². The highest BCUT2D eigenvalue weighted by atomic mass is 32.2. The van der Waals surface area contributed by atoms with Crippen LogP contribution in [0.25, 0.3) is 16.9 Å². The lowest BCUT2D eigenvalue weighted by Gasteiger charge is -2.35. The van der Waals surface area contributed by atoms with E-state index in [1.165, 1.54) is 54.2 Å². The van der Waals surface area contributed by atoms with Crippen LogP contribution in [0, 0.1) is 11.6 Å². The number of amides is 2. The zero-order valence-electron chi connectivity index (χ0n) is 25.5. The summed E-state index contributed by atoms with van der Waals surface area (Å²) >= 11 is 0. The smallest absolute Gasteiger partial charge is 0.422 e. The minimum atomic E-state index is -4.21. The molecule has 2 aromatic carbocycles. The van der Waals surface area contributed by atoms with Gasteiger partial charge in [0.25, 0.3) is 5.91 Å². The van der Waals surface area contributed by atoms with Crippen LogP contribution in [0.15, 0.2) is 55.0 Å². The van der Waals surface area contributed by atoms with Crippen molar-refractivity contribution < 1.29 is 36.3 Å². The third-order valence-corrected chi connectivity index (χ3v) is 8.10. The Kier molecular flexibility index (Phi) is 9.12. The first-order valence-electron chi connectivity index (χ1n) is 14.3. The van der Waals surface area contributed by atoms with Gasteiger partial charge in [0.1, 0.15) is 34.4 Å². The van der Waals surface area contributed by atoms with Crippen LogP contribution in [-0.4, -0.2) is 66.6 Å². The molecule has 13 nitrogen and oxygen atoms in total. The molecule has 0 atom stereocenters. The summed E-state index contributed by atoms with van der Waals surface area (Å²) in [6.07, 6.45) is 3.95. The molecule has 16 heteroatoms. The molecule has 46 heavy (non-hydrogen) atoms. The minimum absolute atomic E-state index is 0.0297. The molecule has 0 saturated carbocycles. The third kappa shape index (κ3) is 7.34. The van der Waals surface area contributed by atoms with Crippen molar-refractivity contribution in [3.63, 3.8) is 0 Å². The van der Waals surface area contributed by atoms with E-state index in [-0.39, 0.29) is 60.0 Å². The van der Waals surface area contributed by atoms with Crippen molar-refractivity contribution in [3.05, 3.63) is 72.3 Å². The minimum Gasteiger partial charge on any atom is -0.496 e. The number of halogens is 2. The molecule has 0 bridgehead atoms. The molecular weight excluding hydrogens is 624 g/mol. The largest absolute Gasteiger partial charge is 0.496 e. The molecule has 1 saturated heterocycles. The summed E-state index contributed by atoms with van der Waals surface area (Å²) in [6.45, 7) is 5.30.